The van der Waals surface area contributed by atoms with Gasteiger partial charge in [0, 0.05) is 11.6 Å². The van der Waals surface area contributed by atoms with E-state index in [0.29, 0.717) is 16.9 Å². The molecule has 0 spiro atoms. The lowest BCUT2D eigenvalue weighted by molar-refractivity contribution is 0.158. The lowest BCUT2D eigenvalue weighted by atomic mass is 9.97. The molecule has 0 unspecified atom stereocenters. The molecule has 7 nitrogen and oxygen atoms in total. The van der Waals surface area contributed by atoms with Crippen molar-refractivity contribution in [3.05, 3.63) is 45.1 Å². The minimum atomic E-state index is -0.606. The van der Waals surface area contributed by atoms with Gasteiger partial charge in [-0.05, 0) is 46.3 Å². The molecule has 4 rings (SSSR count). The second-order valence-electron chi connectivity index (χ2n) is 8.38. The van der Waals surface area contributed by atoms with Gasteiger partial charge in [-0.1, -0.05) is 11.6 Å². The molecule has 0 aliphatic carbocycles. The first-order valence-electron chi connectivity index (χ1n) is 9.84. The van der Waals surface area contributed by atoms with Crippen molar-refractivity contribution in [3.63, 3.8) is 0 Å². The summed E-state index contributed by atoms with van der Waals surface area (Å²) in [5, 5.41) is 32.0. The summed E-state index contributed by atoms with van der Waals surface area (Å²) in [5.41, 5.74) is 0.435. The van der Waals surface area contributed by atoms with E-state index in [1.807, 2.05) is 33.8 Å². The van der Waals surface area contributed by atoms with Gasteiger partial charge in [-0.25, -0.2) is 0 Å². The molecule has 1 aromatic heterocycles. The minimum Gasteiger partial charge on any atom is -0.506 e. The molecular weight excluding hydrogens is 400 g/mol. The third kappa shape index (κ3) is 3.17. The van der Waals surface area contributed by atoms with Crippen LogP contribution in [0.4, 0.5) is 0 Å². The van der Waals surface area contributed by atoms with E-state index in [0.717, 1.165) is 5.57 Å². The van der Waals surface area contributed by atoms with Gasteiger partial charge in [0.1, 0.15) is 28.1 Å². The highest BCUT2D eigenvalue weighted by Gasteiger charge is 2.29. The maximum atomic E-state index is 13.6. The number of methoxy groups -OCH3 is 1. The number of allylic oxidation sites excluding steroid dienone is 2. The molecule has 0 fully saturated rings. The highest BCUT2D eigenvalue weighted by atomic mass is 16.5. The van der Waals surface area contributed by atoms with Gasteiger partial charge in [-0.2, -0.15) is 0 Å². The van der Waals surface area contributed by atoms with Crippen molar-refractivity contribution in [1.82, 2.24) is 0 Å². The molecule has 162 valence electrons. The molecular formula is C24H24O7. The SMILES string of the molecule is COc1c(O)c(O)c2oc3cc4c(c(O)c3c(=O)c2c1CC=C(C)C)C=CC(C)(C)O4. The summed E-state index contributed by atoms with van der Waals surface area (Å²) >= 11 is 0. The van der Waals surface area contributed by atoms with Crippen LogP contribution in [-0.2, 0) is 6.42 Å². The second kappa shape index (κ2) is 6.97. The van der Waals surface area contributed by atoms with E-state index in [4.69, 9.17) is 13.9 Å². The van der Waals surface area contributed by atoms with Crippen LogP contribution in [0.15, 0.2) is 33.0 Å². The molecule has 0 bridgehead atoms. The lowest BCUT2D eigenvalue weighted by Gasteiger charge is -2.28. The van der Waals surface area contributed by atoms with E-state index in [1.54, 1.807) is 12.2 Å². The van der Waals surface area contributed by atoms with Crippen LogP contribution in [0.3, 0.4) is 0 Å². The standard InChI is InChI=1S/C24H24O7/c1-11(2)6-7-13-16-19(26)17-15(30-23(16)21(28)20(27)22(13)29-5)10-14-12(18(17)25)8-9-24(3,4)31-14/h6,8-10,25,27-28H,7H2,1-5H3. The Morgan fingerprint density at radius 1 is 1.13 bits per heavy atom. The van der Waals surface area contributed by atoms with Crippen LogP contribution < -0.4 is 14.9 Å². The van der Waals surface area contributed by atoms with E-state index in [9.17, 15) is 20.1 Å². The van der Waals surface area contributed by atoms with Crippen molar-refractivity contribution < 1.29 is 29.2 Å². The molecule has 0 radical (unpaired) electrons. The number of phenolic OH excluding ortho intramolecular Hbond substituents is 3. The molecule has 3 aromatic rings. The van der Waals surface area contributed by atoms with Gasteiger partial charge >= 0.3 is 0 Å². The van der Waals surface area contributed by atoms with Crippen LogP contribution in [0.1, 0.15) is 38.8 Å². The topological polar surface area (TPSA) is 109 Å². The first-order chi connectivity index (χ1) is 14.6. The van der Waals surface area contributed by atoms with Gasteiger partial charge in [-0.15, -0.1) is 0 Å². The largest absolute Gasteiger partial charge is 0.506 e. The molecule has 0 saturated heterocycles. The van der Waals surface area contributed by atoms with Gasteiger partial charge in [0.05, 0.1) is 18.1 Å². The van der Waals surface area contributed by atoms with Crippen LogP contribution in [0, 0.1) is 0 Å². The van der Waals surface area contributed by atoms with Gasteiger partial charge in [-0.3, -0.25) is 4.79 Å². The Labute approximate surface area is 178 Å². The van der Waals surface area contributed by atoms with E-state index in [-0.39, 0.29) is 39.9 Å². The molecule has 0 amide bonds. The number of ether oxygens (including phenoxy) is 2. The first kappa shape index (κ1) is 20.7. The van der Waals surface area contributed by atoms with Crippen molar-refractivity contribution >= 4 is 28.0 Å². The quantitative estimate of drug-likeness (QED) is 0.316. The van der Waals surface area contributed by atoms with Crippen molar-refractivity contribution in [1.29, 1.82) is 0 Å². The summed E-state index contributed by atoms with van der Waals surface area (Å²) in [6.07, 6.45) is 5.62. The Bertz CT molecular complexity index is 1350. The van der Waals surface area contributed by atoms with Crippen LogP contribution in [0.25, 0.3) is 28.0 Å². The van der Waals surface area contributed by atoms with Crippen molar-refractivity contribution in [3.8, 4) is 28.7 Å². The molecule has 2 aromatic carbocycles. The predicted molar refractivity (Wildman–Crippen MR) is 118 cm³/mol. The molecule has 1 aliphatic rings. The molecule has 0 saturated carbocycles. The highest BCUT2D eigenvalue weighted by molar-refractivity contribution is 6.01. The Morgan fingerprint density at radius 3 is 2.48 bits per heavy atom. The van der Waals surface area contributed by atoms with Gasteiger partial charge in [0.15, 0.2) is 11.3 Å². The number of rotatable bonds is 3. The number of hydrogen-bond donors (Lipinski definition) is 3. The van der Waals surface area contributed by atoms with Crippen molar-refractivity contribution in [2.45, 2.75) is 39.7 Å². The fourth-order valence-corrected chi connectivity index (χ4v) is 3.81. The summed E-state index contributed by atoms with van der Waals surface area (Å²) < 4.78 is 17.0. The zero-order valence-electron chi connectivity index (χ0n) is 18.0. The fourth-order valence-electron chi connectivity index (χ4n) is 3.81. The predicted octanol–water partition coefficient (Wildman–Crippen LogP) is 4.76. The third-order valence-corrected chi connectivity index (χ3v) is 5.33. The third-order valence-electron chi connectivity index (χ3n) is 5.33. The Balaban J connectivity index is 2.17. The maximum absolute atomic E-state index is 13.6. The molecule has 3 N–H and O–H groups in total. The number of aromatic hydroxyl groups is 3. The van der Waals surface area contributed by atoms with Gasteiger partial charge < -0.3 is 29.2 Å². The molecule has 31 heavy (non-hydrogen) atoms. The molecule has 7 heteroatoms. The lowest BCUT2D eigenvalue weighted by Crippen LogP contribution is -2.27. The van der Waals surface area contributed by atoms with E-state index >= 15 is 0 Å². The molecule has 0 atom stereocenters. The fraction of sp³-hybridized carbons (Fsp3) is 0.292. The Morgan fingerprint density at radius 2 is 1.84 bits per heavy atom. The Kier molecular flexibility index (Phi) is 4.65. The summed E-state index contributed by atoms with van der Waals surface area (Å²) in [6.45, 7) is 7.52. The number of fused-ring (bicyclic) bond motifs is 3. The Hall–Kier alpha value is -3.61. The molecule has 1 aliphatic heterocycles. The first-order valence-corrected chi connectivity index (χ1v) is 9.84. The average Bonchev–Trinajstić information content (AvgIpc) is 2.68. The summed E-state index contributed by atoms with van der Waals surface area (Å²) in [4.78, 5) is 13.6. The average molecular weight is 424 g/mol. The maximum Gasteiger partial charge on any atom is 0.206 e. The zero-order chi connectivity index (χ0) is 22.7. The van der Waals surface area contributed by atoms with E-state index in [1.165, 1.54) is 13.2 Å². The van der Waals surface area contributed by atoms with Gasteiger partial charge in [0.25, 0.3) is 0 Å². The highest BCUT2D eigenvalue weighted by Crippen LogP contribution is 2.47. The monoisotopic (exact) mass is 424 g/mol. The molecule has 2 heterocycles. The normalized spacial score (nSPS) is 14.4. The summed E-state index contributed by atoms with van der Waals surface area (Å²) in [6, 6.07) is 1.51. The van der Waals surface area contributed by atoms with Crippen LogP contribution in [-0.4, -0.2) is 28.0 Å². The number of hydrogen-bond acceptors (Lipinski definition) is 7. The van der Waals surface area contributed by atoms with Crippen LogP contribution >= 0.6 is 0 Å². The van der Waals surface area contributed by atoms with Crippen LogP contribution in [0.5, 0.6) is 28.7 Å². The van der Waals surface area contributed by atoms with E-state index in [2.05, 4.69) is 0 Å². The summed E-state index contributed by atoms with van der Waals surface area (Å²) in [7, 11) is 1.34. The second-order valence-corrected chi connectivity index (χ2v) is 8.38. The van der Waals surface area contributed by atoms with Gasteiger partial charge in [0.2, 0.25) is 16.9 Å². The number of benzene rings is 2. The van der Waals surface area contributed by atoms with Crippen molar-refractivity contribution in [2.75, 3.05) is 7.11 Å². The summed E-state index contributed by atoms with van der Waals surface area (Å²) in [5.74, 6) is -1.06. The van der Waals surface area contributed by atoms with E-state index < -0.39 is 22.5 Å². The smallest absolute Gasteiger partial charge is 0.206 e. The zero-order valence-corrected chi connectivity index (χ0v) is 18.0. The van der Waals surface area contributed by atoms with Crippen LogP contribution in [0.2, 0.25) is 0 Å². The van der Waals surface area contributed by atoms with Crippen molar-refractivity contribution in [2.24, 2.45) is 0 Å². The minimum absolute atomic E-state index is 0.0171. The number of phenols is 3.